The Balaban J connectivity index is 1.16. The molecule has 7 rings (SSSR count). The smallest absolute Gasteiger partial charge is 0.338 e. The lowest BCUT2D eigenvalue weighted by atomic mass is 9.44. The highest BCUT2D eigenvalue weighted by Gasteiger charge is 2.88. The first kappa shape index (κ1) is 42.1. The number of carbonyl (C=O) groups is 2. The second-order valence-electron chi connectivity index (χ2n) is 18.7. The molecule has 1 aromatic rings. The van der Waals surface area contributed by atoms with Crippen LogP contribution < -0.4 is 0 Å². The summed E-state index contributed by atoms with van der Waals surface area (Å²) in [5, 5.41) is 12.9. The van der Waals surface area contributed by atoms with E-state index in [0.29, 0.717) is 18.6 Å². The Kier molecular flexibility index (Phi) is 13.6. The van der Waals surface area contributed by atoms with Crippen LogP contribution in [0.2, 0.25) is 0 Å². The molecule has 9 heteroatoms. The number of ether oxygens (including phenoxy) is 5. The Morgan fingerprint density at radius 3 is 2.05 bits per heavy atom. The number of fused-ring (bicyclic) bond motifs is 2. The van der Waals surface area contributed by atoms with Crippen molar-refractivity contribution in [2.75, 3.05) is 41.0 Å². The maximum Gasteiger partial charge on any atom is 0.338 e. The van der Waals surface area contributed by atoms with Crippen molar-refractivity contribution in [2.24, 2.45) is 40.4 Å². The predicted octanol–water partition coefficient (Wildman–Crippen LogP) is 8.40. The number of unbranched alkanes of at least 4 members (excludes halogenated alkanes) is 12. The number of benzene rings is 1. The molecule has 1 aliphatic heterocycles. The SMILES string of the molecule is CCCCCCCCCCCCCCCC(=O)O[C@@]12[C@@H]3[C@@H](CC([C@@H](OC)[C@@H]1O)[C@@H]3OC(=O)c1ccccc1)[C@@]13CCC[C@@]4(COC)CN(CC)C1[C@@H]2[C@H](OC)[C@H]43. The van der Waals surface area contributed by atoms with E-state index in [0.717, 1.165) is 58.0 Å². The third kappa shape index (κ3) is 6.99. The van der Waals surface area contributed by atoms with Gasteiger partial charge in [0.15, 0.2) is 5.60 Å². The van der Waals surface area contributed by atoms with Crippen molar-refractivity contribution in [3.8, 4) is 0 Å². The number of likely N-dealkylation sites (tertiary alicyclic amines) is 1. The van der Waals surface area contributed by atoms with E-state index in [-0.39, 0.29) is 64.5 Å². The highest BCUT2D eigenvalue weighted by molar-refractivity contribution is 5.89. The van der Waals surface area contributed by atoms with Crippen LogP contribution in [0.15, 0.2) is 30.3 Å². The van der Waals surface area contributed by atoms with Gasteiger partial charge in [-0.15, -0.1) is 0 Å². The molecule has 1 aromatic carbocycles. The summed E-state index contributed by atoms with van der Waals surface area (Å²) in [7, 11) is 5.26. The first-order valence-corrected chi connectivity index (χ1v) is 22.7. The van der Waals surface area contributed by atoms with Crippen LogP contribution in [-0.2, 0) is 28.5 Å². The van der Waals surface area contributed by atoms with E-state index in [2.05, 4.69) is 18.7 Å². The lowest BCUT2D eigenvalue weighted by molar-refractivity contribution is -0.291. The molecule has 0 radical (unpaired) electrons. The minimum Gasteiger partial charge on any atom is -0.458 e. The van der Waals surface area contributed by atoms with Gasteiger partial charge >= 0.3 is 11.9 Å². The van der Waals surface area contributed by atoms with Gasteiger partial charge in [0.1, 0.15) is 12.2 Å². The largest absolute Gasteiger partial charge is 0.458 e. The van der Waals surface area contributed by atoms with Crippen LogP contribution in [0, 0.1) is 40.4 Å². The summed E-state index contributed by atoms with van der Waals surface area (Å²) in [6, 6.07) is 9.21. The normalized spacial score (nSPS) is 39.1. The fraction of sp³-hybridized carbons (Fsp3) is 0.830. The highest BCUT2D eigenvalue weighted by Crippen LogP contribution is 2.80. The summed E-state index contributed by atoms with van der Waals surface area (Å²) >= 11 is 0. The van der Waals surface area contributed by atoms with E-state index >= 15 is 0 Å². The van der Waals surface area contributed by atoms with Gasteiger partial charge in [0.25, 0.3) is 0 Å². The maximum atomic E-state index is 14.4. The van der Waals surface area contributed by atoms with Crippen molar-refractivity contribution in [1.82, 2.24) is 4.90 Å². The number of aliphatic hydroxyl groups is 1. The first-order valence-electron chi connectivity index (χ1n) is 22.7. The van der Waals surface area contributed by atoms with Gasteiger partial charge in [-0.1, -0.05) is 116 Å². The Morgan fingerprint density at radius 1 is 0.804 bits per heavy atom. The summed E-state index contributed by atoms with van der Waals surface area (Å²) in [6.45, 7) is 6.88. The summed E-state index contributed by atoms with van der Waals surface area (Å²) < 4.78 is 32.7. The van der Waals surface area contributed by atoms with Gasteiger partial charge in [0.2, 0.25) is 0 Å². The molecule has 5 aliphatic carbocycles. The summed E-state index contributed by atoms with van der Waals surface area (Å²) in [5.74, 6) is -1.38. The number of hydrogen-bond donors (Lipinski definition) is 1. The van der Waals surface area contributed by atoms with Gasteiger partial charge < -0.3 is 28.8 Å². The Labute approximate surface area is 337 Å². The average Bonchev–Trinajstić information content (AvgIpc) is 3.63. The molecule has 0 aromatic heterocycles. The highest BCUT2D eigenvalue weighted by atomic mass is 16.6. The van der Waals surface area contributed by atoms with E-state index in [1.807, 2.05) is 32.4 Å². The van der Waals surface area contributed by atoms with Crippen LogP contribution in [0.4, 0.5) is 0 Å². The van der Waals surface area contributed by atoms with Crippen LogP contribution in [0.3, 0.4) is 0 Å². The lowest BCUT2D eigenvalue weighted by Crippen LogP contribution is -2.77. The van der Waals surface area contributed by atoms with Gasteiger partial charge in [-0.2, -0.15) is 0 Å². The molecule has 314 valence electrons. The Morgan fingerprint density at radius 2 is 1.45 bits per heavy atom. The van der Waals surface area contributed by atoms with Gasteiger partial charge in [0, 0.05) is 69.4 Å². The second kappa shape index (κ2) is 18.1. The first-order chi connectivity index (χ1) is 27.3. The van der Waals surface area contributed by atoms with Crippen molar-refractivity contribution in [3.05, 3.63) is 35.9 Å². The second-order valence-corrected chi connectivity index (χ2v) is 18.7. The number of methoxy groups -OCH3 is 3. The molecule has 6 fully saturated rings. The van der Waals surface area contributed by atoms with Gasteiger partial charge in [0.05, 0.1) is 24.4 Å². The fourth-order valence-corrected chi connectivity index (χ4v) is 14.4. The van der Waals surface area contributed by atoms with Gasteiger partial charge in [-0.25, -0.2) is 4.79 Å². The van der Waals surface area contributed by atoms with Crippen molar-refractivity contribution in [3.63, 3.8) is 0 Å². The van der Waals surface area contributed by atoms with Crippen LogP contribution in [0.1, 0.15) is 140 Å². The summed E-state index contributed by atoms with van der Waals surface area (Å²) in [4.78, 5) is 31.0. The van der Waals surface area contributed by atoms with Crippen molar-refractivity contribution in [2.45, 2.75) is 165 Å². The Bertz CT molecular complexity index is 1450. The third-order valence-corrected chi connectivity index (χ3v) is 16.1. The topological polar surface area (TPSA) is 104 Å². The van der Waals surface area contributed by atoms with Crippen molar-refractivity contribution >= 4 is 11.9 Å². The van der Waals surface area contributed by atoms with Gasteiger partial charge in [-0.3, -0.25) is 9.69 Å². The molecule has 1 spiro atoms. The molecule has 1 saturated heterocycles. The number of nitrogens with zero attached hydrogens (tertiary/aromatic N) is 1. The van der Waals surface area contributed by atoms with Crippen LogP contribution >= 0.6 is 0 Å². The van der Waals surface area contributed by atoms with E-state index in [9.17, 15) is 14.7 Å². The predicted molar refractivity (Wildman–Crippen MR) is 216 cm³/mol. The number of carbonyl (C=O) groups excluding carboxylic acids is 2. The fourth-order valence-electron chi connectivity index (χ4n) is 14.4. The summed E-state index contributed by atoms with van der Waals surface area (Å²) in [5.41, 5.74) is -1.15. The van der Waals surface area contributed by atoms with E-state index in [4.69, 9.17) is 23.7 Å². The molecule has 6 aliphatic rings. The standard InChI is InChI=1S/C47H73NO8/c1-6-8-9-10-11-12-13-14-15-16-17-18-22-26-35(49)56-47-36-34(29-33(39(53-4)43(47)50)38(36)55-44(51)32-24-20-19-21-25-32)46-28-23-27-45(31-52-3)30-48(7-2)42(46)37(47)40(54-5)41(45)46/h19-21,24-25,33-34,36-43,50H,6-18,22-23,26-31H2,1-5H3/t33?,34-,36-,37+,38+,39-,40+,41-,42?,43+,45+,46-,47-/m1/s1. The van der Waals surface area contributed by atoms with Crippen molar-refractivity contribution < 1.29 is 38.4 Å². The zero-order valence-corrected chi connectivity index (χ0v) is 35.3. The molecular formula is C47H73NO8. The molecule has 13 atom stereocenters. The van der Waals surface area contributed by atoms with E-state index in [1.165, 1.54) is 64.2 Å². The third-order valence-electron chi connectivity index (χ3n) is 16.1. The zero-order valence-electron chi connectivity index (χ0n) is 35.3. The van der Waals surface area contributed by atoms with Crippen LogP contribution in [-0.4, -0.2) is 99.0 Å². The van der Waals surface area contributed by atoms with Crippen LogP contribution in [0.5, 0.6) is 0 Å². The van der Waals surface area contributed by atoms with E-state index < -0.39 is 23.9 Å². The van der Waals surface area contributed by atoms with Crippen LogP contribution in [0.25, 0.3) is 0 Å². The monoisotopic (exact) mass is 780 g/mol. The molecule has 5 saturated carbocycles. The molecule has 9 nitrogen and oxygen atoms in total. The zero-order chi connectivity index (χ0) is 39.5. The molecular weight excluding hydrogens is 707 g/mol. The number of piperidine rings is 1. The maximum absolute atomic E-state index is 14.4. The lowest BCUT2D eigenvalue weighted by Gasteiger charge is -2.68. The minimum absolute atomic E-state index is 0.0392. The molecule has 0 amide bonds. The molecule has 1 heterocycles. The minimum atomic E-state index is -1.35. The number of esters is 2. The van der Waals surface area contributed by atoms with E-state index in [1.54, 1.807) is 19.2 Å². The number of rotatable bonds is 22. The average molecular weight is 780 g/mol. The molecule has 7 bridgehead atoms. The van der Waals surface area contributed by atoms with Crippen molar-refractivity contribution in [1.29, 1.82) is 0 Å². The summed E-state index contributed by atoms with van der Waals surface area (Å²) in [6.07, 6.45) is 17.6. The molecule has 2 unspecified atom stereocenters. The molecule has 1 N–H and O–H groups in total. The quantitative estimate of drug-likeness (QED) is 0.0919. The number of hydrogen-bond acceptors (Lipinski definition) is 9. The molecule has 56 heavy (non-hydrogen) atoms. The van der Waals surface area contributed by atoms with Gasteiger partial charge in [-0.05, 0) is 55.7 Å². The number of aliphatic hydroxyl groups excluding tert-OH is 1. The Hall–Kier alpha value is -2.04.